The lowest BCUT2D eigenvalue weighted by Crippen LogP contribution is -2.19. The SMILES string of the molecule is CC(C=CC=C(C)C(C)=CC1=C(C)CCCC1(C)C)=CC=O. The molecule has 0 heterocycles. The van der Waals surface area contributed by atoms with Crippen LogP contribution in [0.2, 0.25) is 0 Å². The molecular weight excluding hydrogens is 268 g/mol. The first kappa shape index (κ1) is 18.4. The first-order valence-corrected chi connectivity index (χ1v) is 8.14. The molecule has 0 atom stereocenters. The topological polar surface area (TPSA) is 17.1 Å². The minimum atomic E-state index is 0.281. The minimum Gasteiger partial charge on any atom is -0.299 e. The van der Waals surface area contributed by atoms with Crippen LogP contribution >= 0.6 is 0 Å². The standard InChI is InChI=1S/C21H30O/c1-16(12-14-22)9-7-10-17(2)19(4)15-20-18(3)11-8-13-21(20,5)6/h7,9-10,12,14-15H,8,11,13H2,1-6H3. The van der Waals surface area contributed by atoms with E-state index in [0.29, 0.717) is 0 Å². The average molecular weight is 298 g/mol. The van der Waals surface area contributed by atoms with Crippen molar-refractivity contribution >= 4 is 6.29 Å². The Bertz CT molecular complexity index is 563. The molecule has 0 aromatic rings. The van der Waals surface area contributed by atoms with Crippen molar-refractivity contribution in [1.29, 1.82) is 0 Å². The van der Waals surface area contributed by atoms with Crippen molar-refractivity contribution in [3.63, 3.8) is 0 Å². The van der Waals surface area contributed by atoms with Gasteiger partial charge in [0.05, 0.1) is 0 Å². The van der Waals surface area contributed by atoms with E-state index in [1.807, 2.05) is 19.1 Å². The van der Waals surface area contributed by atoms with Crippen molar-refractivity contribution in [2.24, 2.45) is 5.41 Å². The van der Waals surface area contributed by atoms with Crippen LogP contribution in [0.1, 0.15) is 60.8 Å². The van der Waals surface area contributed by atoms with Crippen LogP contribution in [0, 0.1) is 5.41 Å². The van der Waals surface area contributed by atoms with Crippen molar-refractivity contribution in [3.8, 4) is 0 Å². The van der Waals surface area contributed by atoms with Gasteiger partial charge in [0.15, 0.2) is 0 Å². The molecule has 0 saturated heterocycles. The Morgan fingerprint density at radius 1 is 1.09 bits per heavy atom. The summed E-state index contributed by atoms with van der Waals surface area (Å²) in [7, 11) is 0. The van der Waals surface area contributed by atoms with Crippen molar-refractivity contribution < 1.29 is 4.79 Å². The predicted molar refractivity (Wildman–Crippen MR) is 96.8 cm³/mol. The van der Waals surface area contributed by atoms with Gasteiger partial charge in [-0.2, -0.15) is 0 Å². The van der Waals surface area contributed by atoms with Crippen LogP contribution in [0.15, 0.2) is 58.2 Å². The highest BCUT2D eigenvalue weighted by Crippen LogP contribution is 2.41. The summed E-state index contributed by atoms with van der Waals surface area (Å²) < 4.78 is 0. The van der Waals surface area contributed by atoms with Crippen molar-refractivity contribution in [1.82, 2.24) is 0 Å². The molecule has 0 unspecified atom stereocenters. The van der Waals surface area contributed by atoms with Crippen LogP contribution in [-0.2, 0) is 4.79 Å². The molecule has 0 amide bonds. The lowest BCUT2D eigenvalue weighted by molar-refractivity contribution is -0.104. The van der Waals surface area contributed by atoms with E-state index >= 15 is 0 Å². The number of carbonyl (C=O) groups is 1. The van der Waals surface area contributed by atoms with Gasteiger partial charge in [0, 0.05) is 0 Å². The maximum atomic E-state index is 10.4. The van der Waals surface area contributed by atoms with Crippen LogP contribution in [0.3, 0.4) is 0 Å². The van der Waals surface area contributed by atoms with Gasteiger partial charge in [0.25, 0.3) is 0 Å². The Balaban J connectivity index is 2.96. The van der Waals surface area contributed by atoms with Crippen molar-refractivity contribution in [2.45, 2.75) is 60.8 Å². The molecule has 1 rings (SSSR count). The van der Waals surface area contributed by atoms with Crippen LogP contribution < -0.4 is 0 Å². The second-order valence-corrected chi connectivity index (χ2v) is 7.01. The maximum Gasteiger partial charge on any atom is 0.143 e. The van der Waals surface area contributed by atoms with E-state index in [-0.39, 0.29) is 5.41 Å². The molecule has 0 radical (unpaired) electrons. The Kier molecular flexibility index (Phi) is 6.80. The van der Waals surface area contributed by atoms with Crippen LogP contribution in [0.5, 0.6) is 0 Å². The summed E-state index contributed by atoms with van der Waals surface area (Å²) in [4.78, 5) is 10.4. The third kappa shape index (κ3) is 5.29. The number of aldehydes is 1. The predicted octanol–water partition coefficient (Wildman–Crippen LogP) is 6.11. The van der Waals surface area contributed by atoms with Crippen LogP contribution in [0.4, 0.5) is 0 Å². The average Bonchev–Trinajstić information content (AvgIpc) is 2.42. The molecule has 0 aromatic carbocycles. The summed E-state index contributed by atoms with van der Waals surface area (Å²) >= 11 is 0. The van der Waals surface area contributed by atoms with Gasteiger partial charge in [-0.1, -0.05) is 43.7 Å². The van der Waals surface area contributed by atoms with Crippen LogP contribution in [-0.4, -0.2) is 6.29 Å². The lowest BCUT2D eigenvalue weighted by Gasteiger charge is -2.33. The van der Waals surface area contributed by atoms with Gasteiger partial charge >= 0.3 is 0 Å². The number of hydrogen-bond donors (Lipinski definition) is 0. The van der Waals surface area contributed by atoms with Gasteiger partial charge in [0.1, 0.15) is 6.29 Å². The largest absolute Gasteiger partial charge is 0.299 e. The van der Waals surface area contributed by atoms with Crippen molar-refractivity contribution in [3.05, 3.63) is 58.2 Å². The molecule has 0 aliphatic heterocycles. The Morgan fingerprint density at radius 3 is 2.36 bits per heavy atom. The maximum absolute atomic E-state index is 10.4. The van der Waals surface area contributed by atoms with Crippen molar-refractivity contribution in [2.75, 3.05) is 0 Å². The Hall–Kier alpha value is -1.63. The van der Waals surface area contributed by atoms with E-state index in [2.05, 4.69) is 46.8 Å². The molecule has 1 heteroatoms. The first-order valence-electron chi connectivity index (χ1n) is 8.14. The Labute approximate surface area is 136 Å². The van der Waals surface area contributed by atoms with Gasteiger partial charge in [0.2, 0.25) is 0 Å². The number of rotatable bonds is 5. The fourth-order valence-corrected chi connectivity index (χ4v) is 2.93. The lowest BCUT2D eigenvalue weighted by atomic mass is 9.72. The molecule has 0 fully saturated rings. The zero-order chi connectivity index (χ0) is 16.8. The molecule has 22 heavy (non-hydrogen) atoms. The highest BCUT2D eigenvalue weighted by Gasteiger charge is 2.26. The molecule has 0 spiro atoms. The van der Waals surface area contributed by atoms with Crippen LogP contribution in [0.25, 0.3) is 0 Å². The van der Waals surface area contributed by atoms with Gasteiger partial charge in [-0.05, 0) is 80.7 Å². The molecule has 0 N–H and O–H groups in total. The summed E-state index contributed by atoms with van der Waals surface area (Å²) in [5.74, 6) is 0. The van der Waals surface area contributed by atoms with E-state index in [9.17, 15) is 4.79 Å². The van der Waals surface area contributed by atoms with E-state index in [1.54, 1.807) is 6.08 Å². The minimum absolute atomic E-state index is 0.281. The third-order valence-electron chi connectivity index (χ3n) is 4.56. The normalized spacial score (nSPS) is 20.7. The molecular formula is C21H30O. The fraction of sp³-hybridized carbons (Fsp3) is 0.476. The van der Waals surface area contributed by atoms with E-state index in [1.165, 1.54) is 41.6 Å². The summed E-state index contributed by atoms with van der Waals surface area (Å²) in [5, 5.41) is 0. The van der Waals surface area contributed by atoms with E-state index in [0.717, 1.165) is 11.9 Å². The summed E-state index contributed by atoms with van der Waals surface area (Å²) in [5.41, 5.74) is 6.85. The summed E-state index contributed by atoms with van der Waals surface area (Å²) in [6, 6.07) is 0. The number of hydrogen-bond acceptors (Lipinski definition) is 1. The highest BCUT2D eigenvalue weighted by molar-refractivity contribution is 5.67. The molecule has 1 aliphatic carbocycles. The fourth-order valence-electron chi connectivity index (χ4n) is 2.93. The quantitative estimate of drug-likeness (QED) is 0.340. The highest BCUT2D eigenvalue weighted by atomic mass is 16.1. The summed E-state index contributed by atoms with van der Waals surface area (Å²) in [6.45, 7) is 13.2. The van der Waals surface area contributed by atoms with Gasteiger partial charge in [-0.3, -0.25) is 4.79 Å². The molecule has 0 bridgehead atoms. The number of allylic oxidation sites excluding steroid dienone is 10. The zero-order valence-electron chi connectivity index (χ0n) is 15.0. The first-order chi connectivity index (χ1) is 10.3. The molecule has 0 saturated carbocycles. The summed E-state index contributed by atoms with van der Waals surface area (Å²) in [6.07, 6.45) is 14.6. The molecule has 1 nitrogen and oxygen atoms in total. The second-order valence-electron chi connectivity index (χ2n) is 7.01. The second kappa shape index (κ2) is 8.12. The van der Waals surface area contributed by atoms with Gasteiger partial charge in [-0.25, -0.2) is 0 Å². The number of carbonyl (C=O) groups excluding carboxylic acids is 1. The molecule has 1 aliphatic rings. The molecule has 0 aromatic heterocycles. The van der Waals surface area contributed by atoms with E-state index in [4.69, 9.17) is 0 Å². The Morgan fingerprint density at radius 2 is 1.77 bits per heavy atom. The molecule has 120 valence electrons. The monoisotopic (exact) mass is 298 g/mol. The van der Waals surface area contributed by atoms with Gasteiger partial charge < -0.3 is 0 Å². The van der Waals surface area contributed by atoms with Gasteiger partial charge in [-0.15, -0.1) is 0 Å². The third-order valence-corrected chi connectivity index (χ3v) is 4.56. The van der Waals surface area contributed by atoms with E-state index < -0.39 is 0 Å². The zero-order valence-corrected chi connectivity index (χ0v) is 15.0. The smallest absolute Gasteiger partial charge is 0.143 e.